The van der Waals surface area contributed by atoms with Crippen molar-refractivity contribution in [1.29, 1.82) is 0 Å². The third kappa shape index (κ3) is 7.04. The molecule has 0 radical (unpaired) electrons. The zero-order chi connectivity index (χ0) is 29.7. The number of phenols is 1. The first-order valence-electron chi connectivity index (χ1n) is 13.3. The van der Waals surface area contributed by atoms with E-state index < -0.39 is 42.1 Å². The lowest BCUT2D eigenvalue weighted by atomic mass is 9.98. The molecule has 41 heavy (non-hydrogen) atoms. The lowest BCUT2D eigenvalue weighted by Gasteiger charge is -2.30. The summed E-state index contributed by atoms with van der Waals surface area (Å²) in [6.45, 7) is 3.16. The number of nitrogens with zero attached hydrogens (tertiary/aromatic N) is 1. The third-order valence-corrected chi connectivity index (χ3v) is 7.78. The Balaban J connectivity index is 1.53. The smallest absolute Gasteiger partial charge is 0.254 e. The summed E-state index contributed by atoms with van der Waals surface area (Å²) in [5, 5.41) is 27.2. The van der Waals surface area contributed by atoms with Crippen LogP contribution in [0.3, 0.4) is 0 Å². The van der Waals surface area contributed by atoms with E-state index in [0.717, 1.165) is 16.0 Å². The number of hydrogen-bond acceptors (Lipinski definition) is 5. The van der Waals surface area contributed by atoms with Crippen LogP contribution in [0.15, 0.2) is 66.7 Å². The molecule has 0 aromatic heterocycles. The van der Waals surface area contributed by atoms with Crippen LogP contribution in [-0.2, 0) is 22.6 Å². The van der Waals surface area contributed by atoms with Crippen molar-refractivity contribution in [3.63, 3.8) is 0 Å². The minimum Gasteiger partial charge on any atom is -0.508 e. The number of alkyl halides is 1. The second-order valence-corrected chi connectivity index (χ2v) is 10.7. The molecule has 3 aromatic carbocycles. The molecule has 0 bridgehead atoms. The highest BCUT2D eigenvalue weighted by atomic mass is 35.5. The Hall–Kier alpha value is -3.95. The van der Waals surface area contributed by atoms with Gasteiger partial charge in [-0.15, -0.1) is 0 Å². The number of aliphatic hydroxyl groups excluding tert-OH is 1. The van der Waals surface area contributed by atoms with Gasteiger partial charge in [0.15, 0.2) is 6.10 Å². The first-order valence-corrected chi connectivity index (χ1v) is 13.7. The topological polar surface area (TPSA) is 119 Å². The lowest BCUT2D eigenvalue weighted by molar-refractivity contribution is -0.146. The number of amides is 3. The molecule has 1 aliphatic heterocycles. The van der Waals surface area contributed by atoms with Crippen LogP contribution in [0.4, 0.5) is 4.39 Å². The summed E-state index contributed by atoms with van der Waals surface area (Å²) in [7, 11) is 0. The van der Waals surface area contributed by atoms with Gasteiger partial charge in [0.05, 0.1) is 12.6 Å². The van der Waals surface area contributed by atoms with Crippen molar-refractivity contribution in [2.24, 2.45) is 0 Å². The Morgan fingerprint density at radius 2 is 1.76 bits per heavy atom. The van der Waals surface area contributed by atoms with E-state index in [4.69, 9.17) is 11.6 Å². The largest absolute Gasteiger partial charge is 0.508 e. The molecular weight excluding hydrogens is 549 g/mol. The fourth-order valence-corrected chi connectivity index (χ4v) is 5.32. The molecule has 0 aliphatic carbocycles. The molecule has 8 nitrogen and oxygen atoms in total. The number of aliphatic hydroxyl groups is 1. The quantitative estimate of drug-likeness (QED) is 0.308. The molecule has 3 aromatic rings. The number of phenolic OH excluding ortho intramolecular Hbond substituents is 1. The van der Waals surface area contributed by atoms with Gasteiger partial charge >= 0.3 is 0 Å². The summed E-state index contributed by atoms with van der Waals surface area (Å²) in [6, 6.07) is 16.6. The molecule has 0 saturated carbocycles. The molecule has 1 aliphatic rings. The Bertz CT molecular complexity index is 1400. The second-order valence-electron chi connectivity index (χ2n) is 10.3. The van der Waals surface area contributed by atoms with Gasteiger partial charge in [-0.1, -0.05) is 60.1 Å². The Morgan fingerprint density at radius 3 is 2.46 bits per heavy atom. The number of carbonyl (C=O) groups excluding carboxylic acids is 3. The number of aromatic hydroxyl groups is 1. The van der Waals surface area contributed by atoms with Crippen molar-refractivity contribution in [2.75, 3.05) is 6.54 Å². The normalized spacial score (nSPS) is 18.0. The van der Waals surface area contributed by atoms with Crippen molar-refractivity contribution in [2.45, 2.75) is 57.6 Å². The molecule has 3 amide bonds. The van der Waals surface area contributed by atoms with Crippen molar-refractivity contribution in [3.05, 3.63) is 99.6 Å². The van der Waals surface area contributed by atoms with Gasteiger partial charge < -0.3 is 25.7 Å². The van der Waals surface area contributed by atoms with Crippen molar-refractivity contribution < 1.29 is 29.0 Å². The Kier molecular flexibility index (Phi) is 9.62. The van der Waals surface area contributed by atoms with Gasteiger partial charge in [-0.2, -0.15) is 0 Å². The molecule has 1 heterocycles. The molecule has 4 rings (SSSR count). The van der Waals surface area contributed by atoms with Crippen molar-refractivity contribution in [1.82, 2.24) is 15.5 Å². The van der Waals surface area contributed by atoms with Crippen LogP contribution in [0.25, 0.3) is 0 Å². The summed E-state index contributed by atoms with van der Waals surface area (Å²) in [5.74, 6) is -2.10. The van der Waals surface area contributed by atoms with E-state index in [1.165, 1.54) is 18.2 Å². The van der Waals surface area contributed by atoms with E-state index >= 15 is 0 Å². The summed E-state index contributed by atoms with van der Waals surface area (Å²) < 4.78 is 14.6. The molecule has 1 saturated heterocycles. The van der Waals surface area contributed by atoms with E-state index in [2.05, 4.69) is 10.6 Å². The van der Waals surface area contributed by atoms with Crippen LogP contribution in [-0.4, -0.2) is 63.7 Å². The molecular formula is C31H33ClFN3O5. The molecule has 4 N–H and O–H groups in total. The second kappa shape index (κ2) is 13.1. The first kappa shape index (κ1) is 30.0. The lowest BCUT2D eigenvalue weighted by Crippen LogP contribution is -2.55. The number of rotatable bonds is 9. The van der Waals surface area contributed by atoms with E-state index in [1.807, 2.05) is 19.1 Å². The zero-order valence-electron chi connectivity index (χ0n) is 22.8. The van der Waals surface area contributed by atoms with Crippen LogP contribution in [0.1, 0.15) is 39.0 Å². The van der Waals surface area contributed by atoms with Crippen LogP contribution >= 0.6 is 11.6 Å². The van der Waals surface area contributed by atoms with Crippen LogP contribution in [0, 0.1) is 13.8 Å². The molecule has 4 atom stereocenters. The van der Waals surface area contributed by atoms with Crippen LogP contribution in [0.5, 0.6) is 5.75 Å². The number of hydrogen-bond donors (Lipinski definition) is 4. The standard InChI is InChI=1S/C31H33ClFN3O5/c1-18-8-6-12-24(32)23(18)16-34-30(40)26-15-21(33)17-36(26)31(41)28(38)25(14-20-9-4-3-5-10-20)35-29(39)22-11-7-13-27(37)19(22)2/h3-13,21,25-26,28,37-38H,14-17H2,1-2H3,(H,34,40)(H,35,39)/t21-,25+,26+,28+/m1/s1. The number of aryl methyl sites for hydroxylation is 1. The number of carbonyl (C=O) groups is 3. The van der Waals surface area contributed by atoms with Gasteiger partial charge in [-0.3, -0.25) is 14.4 Å². The average molecular weight is 582 g/mol. The van der Waals surface area contributed by atoms with E-state index in [9.17, 15) is 29.0 Å². The summed E-state index contributed by atoms with van der Waals surface area (Å²) >= 11 is 6.26. The first-order chi connectivity index (χ1) is 19.6. The number of halogens is 2. The van der Waals surface area contributed by atoms with Gasteiger partial charge in [-0.25, -0.2) is 4.39 Å². The maximum Gasteiger partial charge on any atom is 0.254 e. The average Bonchev–Trinajstić information content (AvgIpc) is 3.35. The fraction of sp³-hybridized carbons (Fsp3) is 0.323. The van der Waals surface area contributed by atoms with Gasteiger partial charge in [0.1, 0.15) is 18.0 Å². The summed E-state index contributed by atoms with van der Waals surface area (Å²) in [6.07, 6.45) is -3.36. The third-order valence-electron chi connectivity index (χ3n) is 7.43. The van der Waals surface area contributed by atoms with E-state index in [1.54, 1.807) is 43.3 Å². The van der Waals surface area contributed by atoms with Crippen molar-refractivity contribution in [3.8, 4) is 5.75 Å². The highest BCUT2D eigenvalue weighted by Crippen LogP contribution is 2.25. The van der Waals surface area contributed by atoms with Crippen LogP contribution < -0.4 is 10.6 Å². The minimum absolute atomic E-state index is 0.0687. The van der Waals surface area contributed by atoms with E-state index in [-0.39, 0.29) is 37.2 Å². The molecule has 0 spiro atoms. The Labute approximate surface area is 243 Å². The van der Waals surface area contributed by atoms with Crippen LogP contribution in [0.2, 0.25) is 5.02 Å². The zero-order valence-corrected chi connectivity index (χ0v) is 23.6. The number of benzene rings is 3. The number of nitrogens with one attached hydrogen (secondary N) is 2. The van der Waals surface area contributed by atoms with Gasteiger partial charge in [0.25, 0.3) is 11.8 Å². The number of likely N-dealkylation sites (tertiary alicyclic amines) is 1. The molecule has 10 heteroatoms. The maximum atomic E-state index is 14.6. The molecule has 1 fully saturated rings. The van der Waals surface area contributed by atoms with Gasteiger partial charge in [0, 0.05) is 29.1 Å². The maximum absolute atomic E-state index is 14.6. The van der Waals surface area contributed by atoms with Gasteiger partial charge in [-0.05, 0) is 55.2 Å². The highest BCUT2D eigenvalue weighted by Gasteiger charge is 2.43. The minimum atomic E-state index is -1.77. The highest BCUT2D eigenvalue weighted by molar-refractivity contribution is 6.31. The monoisotopic (exact) mass is 581 g/mol. The SMILES string of the molecule is Cc1cccc(Cl)c1CNC(=O)[C@@H]1C[C@@H](F)CN1C(=O)[C@@H](O)[C@H](Cc1ccccc1)NC(=O)c1cccc(O)c1C. The Morgan fingerprint density at radius 1 is 1.05 bits per heavy atom. The summed E-state index contributed by atoms with van der Waals surface area (Å²) in [4.78, 5) is 40.9. The van der Waals surface area contributed by atoms with Gasteiger partial charge in [0.2, 0.25) is 5.91 Å². The van der Waals surface area contributed by atoms with Crippen molar-refractivity contribution >= 4 is 29.3 Å². The predicted octanol–water partition coefficient (Wildman–Crippen LogP) is 3.62. The predicted molar refractivity (Wildman–Crippen MR) is 153 cm³/mol. The molecule has 0 unspecified atom stereocenters. The molecule has 216 valence electrons. The fourth-order valence-electron chi connectivity index (χ4n) is 5.03. The van der Waals surface area contributed by atoms with E-state index in [0.29, 0.717) is 16.1 Å². The summed E-state index contributed by atoms with van der Waals surface area (Å²) in [5.41, 5.74) is 2.85.